The van der Waals surface area contributed by atoms with Gasteiger partial charge in [-0.25, -0.2) is 9.98 Å². The Morgan fingerprint density at radius 3 is 2.83 bits per heavy atom. The lowest BCUT2D eigenvalue weighted by Crippen LogP contribution is -2.46. The van der Waals surface area contributed by atoms with Crippen LogP contribution in [0.3, 0.4) is 0 Å². The molecule has 0 saturated carbocycles. The number of anilines is 1. The third-order valence-corrected chi connectivity index (χ3v) is 3.42. The molecule has 0 saturated heterocycles. The molecule has 0 fully saturated rings. The number of hydrogen-bond donors (Lipinski definition) is 3. The van der Waals surface area contributed by atoms with Crippen molar-refractivity contribution in [3.8, 4) is 0 Å². The van der Waals surface area contributed by atoms with Crippen molar-refractivity contribution in [2.75, 3.05) is 11.6 Å². The van der Waals surface area contributed by atoms with Gasteiger partial charge < -0.3 is 16.4 Å². The maximum absolute atomic E-state index is 12.2. The average molecular weight is 261 g/mol. The zero-order valence-electron chi connectivity index (χ0n) is 9.60. The monoisotopic (exact) mass is 261 g/mol. The van der Waals surface area contributed by atoms with E-state index in [9.17, 15) is 4.79 Å². The van der Waals surface area contributed by atoms with Gasteiger partial charge in [-0.2, -0.15) is 0 Å². The van der Waals surface area contributed by atoms with Crippen molar-refractivity contribution in [3.05, 3.63) is 29.8 Å². The predicted octanol–water partition coefficient (Wildman–Crippen LogP) is 0.428. The number of carbonyl (C=O) groups is 1. The van der Waals surface area contributed by atoms with Gasteiger partial charge in [-0.3, -0.25) is 4.79 Å². The standard InChI is InChI=1S/C11H11N5OS/c1-18-10-14-9(12)15-11(16-10)6-4-2-3-5-7(6)13-8(11)17/h2-5H,1H3,(H,13,17)(H3,12,14,15,16). The number of para-hydroxylation sites is 1. The molecular formula is C11H11N5OS. The molecule has 2 aliphatic rings. The number of guanidine groups is 1. The van der Waals surface area contributed by atoms with Crippen LogP contribution in [0, 0.1) is 0 Å². The molecule has 1 unspecified atom stereocenters. The first-order valence-electron chi connectivity index (χ1n) is 5.33. The second-order valence-electron chi connectivity index (χ2n) is 3.92. The average Bonchev–Trinajstić information content (AvgIpc) is 2.62. The Kier molecular flexibility index (Phi) is 2.30. The van der Waals surface area contributed by atoms with Crippen LogP contribution in [0.2, 0.25) is 0 Å². The van der Waals surface area contributed by atoms with E-state index in [0.717, 1.165) is 11.3 Å². The van der Waals surface area contributed by atoms with E-state index in [1.165, 1.54) is 11.8 Å². The van der Waals surface area contributed by atoms with E-state index in [1.807, 2.05) is 30.5 Å². The highest BCUT2D eigenvalue weighted by Crippen LogP contribution is 2.41. The van der Waals surface area contributed by atoms with Gasteiger partial charge in [0, 0.05) is 11.3 Å². The van der Waals surface area contributed by atoms with Gasteiger partial charge in [-0.05, 0) is 12.3 Å². The lowest BCUT2D eigenvalue weighted by molar-refractivity contribution is -0.120. The molecule has 0 radical (unpaired) electrons. The number of nitrogens with one attached hydrogen (secondary N) is 2. The molecule has 1 aromatic rings. The summed E-state index contributed by atoms with van der Waals surface area (Å²) in [5.41, 5.74) is 5.92. The van der Waals surface area contributed by atoms with Crippen LogP contribution in [-0.4, -0.2) is 23.3 Å². The summed E-state index contributed by atoms with van der Waals surface area (Å²) in [6, 6.07) is 7.36. The Morgan fingerprint density at radius 1 is 1.28 bits per heavy atom. The van der Waals surface area contributed by atoms with E-state index in [-0.39, 0.29) is 11.9 Å². The quantitative estimate of drug-likeness (QED) is 0.631. The molecule has 6 nitrogen and oxygen atoms in total. The van der Waals surface area contributed by atoms with E-state index in [1.54, 1.807) is 0 Å². The third kappa shape index (κ3) is 1.40. The van der Waals surface area contributed by atoms with Gasteiger partial charge in [0.1, 0.15) is 0 Å². The van der Waals surface area contributed by atoms with E-state index < -0.39 is 5.66 Å². The normalized spacial score (nSPS) is 25.1. The van der Waals surface area contributed by atoms with E-state index in [4.69, 9.17) is 5.73 Å². The summed E-state index contributed by atoms with van der Waals surface area (Å²) < 4.78 is 0. The van der Waals surface area contributed by atoms with Gasteiger partial charge in [-0.1, -0.05) is 30.0 Å². The second kappa shape index (κ2) is 3.74. The van der Waals surface area contributed by atoms with Gasteiger partial charge in [0.2, 0.25) is 0 Å². The van der Waals surface area contributed by atoms with Gasteiger partial charge >= 0.3 is 0 Å². The molecule has 7 heteroatoms. The highest BCUT2D eigenvalue weighted by Gasteiger charge is 2.49. The van der Waals surface area contributed by atoms with Crippen LogP contribution < -0.4 is 16.4 Å². The van der Waals surface area contributed by atoms with Crippen molar-refractivity contribution in [1.29, 1.82) is 0 Å². The minimum Gasteiger partial charge on any atom is -0.370 e. The number of carbonyl (C=O) groups excluding carboxylic acids is 1. The smallest absolute Gasteiger partial charge is 0.280 e. The largest absolute Gasteiger partial charge is 0.370 e. The Labute approximate surface area is 108 Å². The predicted molar refractivity (Wildman–Crippen MR) is 72.5 cm³/mol. The van der Waals surface area contributed by atoms with Gasteiger partial charge in [-0.15, -0.1) is 0 Å². The van der Waals surface area contributed by atoms with Crippen LogP contribution in [0.1, 0.15) is 5.56 Å². The van der Waals surface area contributed by atoms with Gasteiger partial charge in [0.05, 0.1) is 0 Å². The number of hydrogen-bond acceptors (Lipinski definition) is 6. The number of thioether (sulfide) groups is 1. The molecule has 0 aromatic heterocycles. The van der Waals surface area contributed by atoms with Crippen molar-refractivity contribution in [1.82, 2.24) is 5.32 Å². The molecule has 0 aliphatic carbocycles. The van der Waals surface area contributed by atoms with Crippen LogP contribution in [0.15, 0.2) is 34.3 Å². The number of nitrogens with two attached hydrogens (primary N) is 1. The fraction of sp³-hybridized carbons (Fsp3) is 0.182. The zero-order valence-corrected chi connectivity index (χ0v) is 10.4. The van der Waals surface area contributed by atoms with E-state index in [2.05, 4.69) is 20.6 Å². The first-order valence-corrected chi connectivity index (χ1v) is 6.55. The fourth-order valence-corrected chi connectivity index (χ4v) is 2.49. The van der Waals surface area contributed by atoms with Crippen molar-refractivity contribution >= 4 is 34.5 Å². The number of aliphatic imine (C=N–C) groups is 2. The first kappa shape index (κ1) is 11.1. The highest BCUT2D eigenvalue weighted by atomic mass is 32.2. The summed E-state index contributed by atoms with van der Waals surface area (Å²) in [5, 5.41) is 6.18. The van der Waals surface area contributed by atoms with Crippen molar-refractivity contribution in [2.24, 2.45) is 15.7 Å². The molecular weight excluding hydrogens is 250 g/mol. The maximum Gasteiger partial charge on any atom is 0.280 e. The Morgan fingerprint density at radius 2 is 2.06 bits per heavy atom. The van der Waals surface area contributed by atoms with Crippen molar-refractivity contribution in [2.45, 2.75) is 5.66 Å². The SMILES string of the molecule is CSC1=NC2(N=C(N)N1)C(=O)Nc1ccccc12. The lowest BCUT2D eigenvalue weighted by Gasteiger charge is -2.24. The van der Waals surface area contributed by atoms with Crippen molar-refractivity contribution in [3.63, 3.8) is 0 Å². The number of amides is 1. The van der Waals surface area contributed by atoms with Crippen LogP contribution in [0.4, 0.5) is 5.69 Å². The summed E-state index contributed by atoms with van der Waals surface area (Å²) >= 11 is 1.39. The first-order chi connectivity index (χ1) is 8.65. The van der Waals surface area contributed by atoms with Crippen LogP contribution >= 0.6 is 11.8 Å². The number of rotatable bonds is 0. The topological polar surface area (TPSA) is 91.9 Å². The Bertz CT molecular complexity index is 597. The van der Waals surface area contributed by atoms with Gasteiger partial charge in [0.25, 0.3) is 11.6 Å². The van der Waals surface area contributed by atoms with Crippen LogP contribution in [0.25, 0.3) is 0 Å². The molecule has 1 aromatic carbocycles. The fourth-order valence-electron chi connectivity index (χ4n) is 2.06. The summed E-state index contributed by atoms with van der Waals surface area (Å²) in [6.07, 6.45) is 1.86. The molecule has 18 heavy (non-hydrogen) atoms. The third-order valence-electron chi connectivity index (χ3n) is 2.84. The van der Waals surface area contributed by atoms with Gasteiger partial charge in [0.15, 0.2) is 11.1 Å². The maximum atomic E-state index is 12.2. The van der Waals surface area contributed by atoms with Crippen LogP contribution in [-0.2, 0) is 10.5 Å². The zero-order chi connectivity index (χ0) is 12.8. The molecule has 0 bridgehead atoms. The van der Waals surface area contributed by atoms with Crippen molar-refractivity contribution < 1.29 is 4.79 Å². The number of nitrogens with zero attached hydrogens (tertiary/aromatic N) is 2. The molecule has 2 heterocycles. The molecule has 3 rings (SSSR count). The summed E-state index contributed by atoms with van der Waals surface area (Å²) in [7, 11) is 0. The van der Waals surface area contributed by atoms with Crippen LogP contribution in [0.5, 0.6) is 0 Å². The lowest BCUT2D eigenvalue weighted by atomic mass is 10.0. The number of fused-ring (bicyclic) bond motifs is 2. The molecule has 4 N–H and O–H groups in total. The molecule has 1 amide bonds. The Balaban J connectivity index is 2.23. The molecule has 2 aliphatic heterocycles. The van der Waals surface area contributed by atoms with E-state index in [0.29, 0.717) is 5.17 Å². The number of benzene rings is 1. The molecule has 92 valence electrons. The highest BCUT2D eigenvalue weighted by molar-refractivity contribution is 8.13. The summed E-state index contributed by atoms with van der Waals surface area (Å²) in [6.45, 7) is 0. The summed E-state index contributed by atoms with van der Waals surface area (Å²) in [4.78, 5) is 20.8. The minimum atomic E-state index is -1.27. The number of amidine groups is 1. The summed E-state index contributed by atoms with van der Waals surface area (Å²) in [5.74, 6) is -0.0825. The Hall–Kier alpha value is -2.02. The molecule has 1 atom stereocenters. The second-order valence-corrected chi connectivity index (χ2v) is 4.71. The molecule has 1 spiro atoms. The van der Waals surface area contributed by atoms with E-state index >= 15 is 0 Å². The minimum absolute atomic E-state index is 0.196.